The summed E-state index contributed by atoms with van der Waals surface area (Å²) in [6.45, 7) is 2.21. The molecule has 2 fully saturated rings. The number of benzene rings is 1. The Bertz CT molecular complexity index is 411. The van der Waals surface area contributed by atoms with Crippen LogP contribution in [-0.2, 0) is 6.54 Å². The van der Waals surface area contributed by atoms with Gasteiger partial charge in [-0.15, -0.1) is 0 Å². The first kappa shape index (κ1) is 11.4. The Morgan fingerprint density at radius 3 is 2.65 bits per heavy atom. The lowest BCUT2D eigenvalue weighted by Gasteiger charge is -2.22. The van der Waals surface area contributed by atoms with E-state index in [2.05, 4.69) is 4.90 Å². The molecule has 0 spiro atoms. The van der Waals surface area contributed by atoms with Crippen LogP contribution in [0.4, 0.5) is 5.69 Å². The van der Waals surface area contributed by atoms with Gasteiger partial charge in [-0.05, 0) is 55.4 Å². The third-order valence-corrected chi connectivity index (χ3v) is 3.97. The molecule has 0 aliphatic heterocycles. The van der Waals surface area contributed by atoms with Gasteiger partial charge in [0.15, 0.2) is 0 Å². The summed E-state index contributed by atoms with van der Waals surface area (Å²) in [6.07, 6.45) is 5.53. The van der Waals surface area contributed by atoms with Gasteiger partial charge in [-0.25, -0.2) is 0 Å². The highest BCUT2D eigenvalue weighted by molar-refractivity contribution is 6.30. The highest BCUT2D eigenvalue weighted by Gasteiger charge is 2.33. The van der Waals surface area contributed by atoms with Gasteiger partial charge in [0.25, 0.3) is 0 Å². The number of anilines is 1. The molecule has 2 aliphatic carbocycles. The zero-order chi connectivity index (χ0) is 11.8. The molecule has 0 radical (unpaired) electrons. The van der Waals surface area contributed by atoms with Gasteiger partial charge in [0.1, 0.15) is 0 Å². The zero-order valence-electron chi connectivity index (χ0n) is 10.0. The molecule has 0 heterocycles. The zero-order valence-corrected chi connectivity index (χ0v) is 10.8. The van der Waals surface area contributed by atoms with Crippen LogP contribution >= 0.6 is 11.6 Å². The Labute approximate surface area is 108 Å². The molecule has 0 bridgehead atoms. The quantitative estimate of drug-likeness (QED) is 0.813. The second-order valence-electron chi connectivity index (χ2n) is 5.45. The van der Waals surface area contributed by atoms with E-state index < -0.39 is 0 Å². The van der Waals surface area contributed by atoms with Crippen molar-refractivity contribution in [2.75, 3.05) is 12.3 Å². The normalized spacial score (nSPS) is 19.9. The lowest BCUT2D eigenvalue weighted by atomic mass is 10.1. The van der Waals surface area contributed by atoms with Crippen molar-refractivity contribution in [1.29, 1.82) is 0 Å². The molecule has 2 aliphatic rings. The monoisotopic (exact) mass is 250 g/mol. The molecule has 2 nitrogen and oxygen atoms in total. The van der Waals surface area contributed by atoms with Crippen molar-refractivity contribution in [1.82, 2.24) is 4.90 Å². The average Bonchev–Trinajstić information content (AvgIpc) is 3.14. The standard InChI is InChI=1S/C14H19ClN2/c15-12-3-6-14(16)11(7-12)9-17(13-4-5-13)8-10-1-2-10/h3,6-7,10,13H,1-2,4-5,8-9,16H2. The predicted octanol–water partition coefficient (Wildman–Crippen LogP) is 3.30. The van der Waals surface area contributed by atoms with E-state index in [0.717, 1.165) is 29.2 Å². The van der Waals surface area contributed by atoms with E-state index in [1.165, 1.54) is 37.8 Å². The van der Waals surface area contributed by atoms with E-state index in [0.29, 0.717) is 0 Å². The fraction of sp³-hybridized carbons (Fsp3) is 0.571. The highest BCUT2D eigenvalue weighted by Crippen LogP contribution is 2.36. The minimum atomic E-state index is 0.788. The summed E-state index contributed by atoms with van der Waals surface area (Å²) in [5, 5.41) is 0.788. The van der Waals surface area contributed by atoms with Gasteiger partial charge in [0.2, 0.25) is 0 Å². The summed E-state index contributed by atoms with van der Waals surface area (Å²) >= 11 is 6.04. The summed E-state index contributed by atoms with van der Waals surface area (Å²) in [7, 11) is 0. The number of hydrogen-bond acceptors (Lipinski definition) is 2. The fourth-order valence-electron chi connectivity index (χ4n) is 2.34. The van der Waals surface area contributed by atoms with Crippen LogP contribution in [0.1, 0.15) is 31.2 Å². The van der Waals surface area contributed by atoms with Gasteiger partial charge < -0.3 is 5.73 Å². The molecule has 3 rings (SSSR count). The summed E-state index contributed by atoms with van der Waals surface area (Å²) in [5.74, 6) is 0.941. The van der Waals surface area contributed by atoms with Crippen LogP contribution in [0, 0.1) is 5.92 Å². The van der Waals surface area contributed by atoms with E-state index in [1.807, 2.05) is 18.2 Å². The van der Waals surface area contributed by atoms with Gasteiger partial charge in [-0.3, -0.25) is 4.90 Å². The smallest absolute Gasteiger partial charge is 0.0410 e. The number of nitrogen functional groups attached to an aromatic ring is 1. The summed E-state index contributed by atoms with van der Waals surface area (Å²) in [5.41, 5.74) is 8.08. The lowest BCUT2D eigenvalue weighted by molar-refractivity contribution is 0.244. The molecule has 0 atom stereocenters. The van der Waals surface area contributed by atoms with Crippen molar-refractivity contribution >= 4 is 17.3 Å². The Morgan fingerprint density at radius 2 is 2.00 bits per heavy atom. The van der Waals surface area contributed by atoms with Crippen molar-refractivity contribution in [3.05, 3.63) is 28.8 Å². The molecular weight excluding hydrogens is 232 g/mol. The minimum Gasteiger partial charge on any atom is -0.398 e. The van der Waals surface area contributed by atoms with Crippen LogP contribution in [0.25, 0.3) is 0 Å². The molecule has 3 heteroatoms. The molecule has 0 aromatic heterocycles. The first-order chi connectivity index (χ1) is 8.22. The van der Waals surface area contributed by atoms with Gasteiger partial charge in [0, 0.05) is 29.8 Å². The van der Waals surface area contributed by atoms with Crippen LogP contribution in [-0.4, -0.2) is 17.5 Å². The van der Waals surface area contributed by atoms with Crippen molar-refractivity contribution in [2.24, 2.45) is 5.92 Å². The second kappa shape index (κ2) is 4.51. The molecule has 17 heavy (non-hydrogen) atoms. The van der Waals surface area contributed by atoms with E-state index in [9.17, 15) is 0 Å². The van der Waals surface area contributed by atoms with Crippen LogP contribution in [0.3, 0.4) is 0 Å². The molecule has 1 aromatic carbocycles. The largest absolute Gasteiger partial charge is 0.398 e. The van der Waals surface area contributed by atoms with E-state index in [1.54, 1.807) is 0 Å². The molecule has 0 saturated heterocycles. The molecule has 1 aromatic rings. The van der Waals surface area contributed by atoms with Crippen LogP contribution in [0.2, 0.25) is 5.02 Å². The minimum absolute atomic E-state index is 0.788. The van der Waals surface area contributed by atoms with Crippen molar-refractivity contribution in [3.63, 3.8) is 0 Å². The molecular formula is C14H19ClN2. The topological polar surface area (TPSA) is 29.3 Å². The van der Waals surface area contributed by atoms with Crippen molar-refractivity contribution in [3.8, 4) is 0 Å². The lowest BCUT2D eigenvalue weighted by Crippen LogP contribution is -2.28. The second-order valence-corrected chi connectivity index (χ2v) is 5.88. The number of rotatable bonds is 5. The molecule has 2 N–H and O–H groups in total. The first-order valence-electron chi connectivity index (χ1n) is 6.50. The fourth-order valence-corrected chi connectivity index (χ4v) is 2.54. The Kier molecular flexibility index (Phi) is 3.01. The Morgan fingerprint density at radius 1 is 1.24 bits per heavy atom. The van der Waals surface area contributed by atoms with Gasteiger partial charge in [0.05, 0.1) is 0 Å². The van der Waals surface area contributed by atoms with Crippen molar-refractivity contribution < 1.29 is 0 Å². The molecule has 92 valence electrons. The maximum Gasteiger partial charge on any atom is 0.0410 e. The summed E-state index contributed by atoms with van der Waals surface area (Å²) in [4.78, 5) is 2.60. The summed E-state index contributed by atoms with van der Waals surface area (Å²) < 4.78 is 0. The van der Waals surface area contributed by atoms with Gasteiger partial charge in [-0.2, -0.15) is 0 Å². The van der Waals surface area contributed by atoms with E-state index in [-0.39, 0.29) is 0 Å². The SMILES string of the molecule is Nc1ccc(Cl)cc1CN(CC1CC1)C1CC1. The van der Waals surface area contributed by atoms with Crippen molar-refractivity contribution in [2.45, 2.75) is 38.3 Å². The van der Waals surface area contributed by atoms with Gasteiger partial charge >= 0.3 is 0 Å². The highest BCUT2D eigenvalue weighted by atomic mass is 35.5. The third kappa shape index (κ3) is 2.93. The number of nitrogens with two attached hydrogens (primary N) is 1. The van der Waals surface area contributed by atoms with E-state index in [4.69, 9.17) is 17.3 Å². The third-order valence-electron chi connectivity index (χ3n) is 3.73. The predicted molar refractivity (Wildman–Crippen MR) is 72.0 cm³/mol. The first-order valence-corrected chi connectivity index (χ1v) is 6.88. The average molecular weight is 251 g/mol. The molecule has 0 unspecified atom stereocenters. The van der Waals surface area contributed by atoms with Gasteiger partial charge in [-0.1, -0.05) is 11.6 Å². The maximum atomic E-state index is 6.04. The number of hydrogen-bond donors (Lipinski definition) is 1. The van der Waals surface area contributed by atoms with Crippen LogP contribution < -0.4 is 5.73 Å². The number of nitrogens with zero attached hydrogens (tertiary/aromatic N) is 1. The number of halogens is 1. The molecule has 2 saturated carbocycles. The summed E-state index contributed by atoms with van der Waals surface area (Å²) in [6, 6.07) is 6.59. The maximum absolute atomic E-state index is 6.04. The van der Waals surface area contributed by atoms with Crippen LogP contribution in [0.15, 0.2) is 18.2 Å². The molecule has 0 amide bonds. The van der Waals surface area contributed by atoms with E-state index >= 15 is 0 Å². The Balaban J connectivity index is 1.71. The Hall–Kier alpha value is -0.730. The van der Waals surface area contributed by atoms with Crippen LogP contribution in [0.5, 0.6) is 0 Å².